The molecule has 45 heavy (non-hydrogen) atoms. The van der Waals surface area contributed by atoms with E-state index in [-0.39, 0.29) is 71.1 Å². The first-order valence-electron chi connectivity index (χ1n) is 14.8. The zero-order valence-corrected chi connectivity index (χ0v) is 25.1. The molecular formula is C31H30F5N5O3S. The average Bonchev–Trinajstić information content (AvgIpc) is 3.62. The molecule has 0 saturated carbocycles. The van der Waals surface area contributed by atoms with Gasteiger partial charge in [-0.15, -0.1) is 11.8 Å². The molecule has 0 radical (unpaired) electrons. The molecule has 3 fully saturated rings. The molecule has 2 bridgehead atoms. The van der Waals surface area contributed by atoms with E-state index in [2.05, 4.69) is 16.5 Å². The normalized spacial score (nSPS) is 24.9. The summed E-state index contributed by atoms with van der Waals surface area (Å²) in [4.78, 5) is 36.3. The number of hydrogen-bond donors (Lipinski definition) is 0. The van der Waals surface area contributed by atoms with Crippen LogP contribution in [0.1, 0.15) is 24.9 Å². The number of aromatic nitrogens is 2. The van der Waals surface area contributed by atoms with E-state index in [1.165, 1.54) is 10.6 Å². The molecule has 4 aliphatic rings. The van der Waals surface area contributed by atoms with Gasteiger partial charge in [0, 0.05) is 78.0 Å². The summed E-state index contributed by atoms with van der Waals surface area (Å²) in [7, 11) is 0. The maximum Gasteiger partial charge on any atom is 0.417 e. The topological polar surface area (TPSA) is 70.9 Å². The number of morpholine rings is 1. The van der Waals surface area contributed by atoms with Gasteiger partial charge in [0.1, 0.15) is 17.5 Å². The molecule has 14 heteroatoms. The van der Waals surface area contributed by atoms with Crippen molar-refractivity contribution < 1.29 is 31.5 Å². The highest BCUT2D eigenvalue weighted by molar-refractivity contribution is 7.99. The standard InChI is InChI=1S/C31H30F5N5O3S/c1-3-25(42)38-6-7-40(16(2)11-38)29-22-10-23(31(34,35)36)26(21-5-4-17(32)8-24(21)33)28-27(22)41(30(43)37-29)19(15-45-28)12-39-13-20-9-18(39)14-44-20/h3-5,8,10,16,18-20H,1,6-7,9,11-15H2,2H3. The Morgan fingerprint density at radius 3 is 2.64 bits per heavy atom. The third kappa shape index (κ3) is 5.10. The molecular weight excluding hydrogens is 617 g/mol. The molecule has 4 aliphatic heterocycles. The molecule has 4 atom stereocenters. The van der Waals surface area contributed by atoms with Crippen molar-refractivity contribution >= 4 is 34.4 Å². The Hall–Kier alpha value is -3.49. The zero-order valence-electron chi connectivity index (χ0n) is 24.3. The summed E-state index contributed by atoms with van der Waals surface area (Å²) in [6.45, 7) is 7.85. The summed E-state index contributed by atoms with van der Waals surface area (Å²) in [5, 5.41) is 0.113. The minimum absolute atomic E-state index is 0.0807. The highest BCUT2D eigenvalue weighted by Gasteiger charge is 2.43. The number of anilines is 1. The molecule has 1 amide bonds. The number of hydrogen-bond acceptors (Lipinski definition) is 7. The van der Waals surface area contributed by atoms with Crippen molar-refractivity contribution in [3.05, 3.63) is 64.6 Å². The van der Waals surface area contributed by atoms with Gasteiger partial charge < -0.3 is 14.5 Å². The van der Waals surface area contributed by atoms with Crippen LogP contribution in [0.15, 0.2) is 46.6 Å². The molecule has 3 saturated heterocycles. The molecule has 0 spiro atoms. The number of fused-ring (bicyclic) bond motifs is 2. The Bertz CT molecular complexity index is 1780. The fourth-order valence-corrected chi connectivity index (χ4v) is 8.53. The van der Waals surface area contributed by atoms with Crippen molar-refractivity contribution in [3.63, 3.8) is 0 Å². The summed E-state index contributed by atoms with van der Waals surface area (Å²) in [5.41, 5.74) is -2.30. The van der Waals surface area contributed by atoms with E-state index in [1.54, 1.807) is 9.80 Å². The SMILES string of the molecule is C=CC(=O)N1CCN(c2nc(=O)n3c4c(c(-c5ccc(F)cc5F)c(C(F)(F)F)cc24)SCC3CN2CC3CC2CO3)C(C)C1. The van der Waals surface area contributed by atoms with Gasteiger partial charge in [0.15, 0.2) is 0 Å². The van der Waals surface area contributed by atoms with Crippen LogP contribution in [0.5, 0.6) is 0 Å². The van der Waals surface area contributed by atoms with Crippen LogP contribution in [-0.2, 0) is 15.7 Å². The second-order valence-electron chi connectivity index (χ2n) is 12.0. The third-order valence-corrected chi connectivity index (χ3v) is 10.5. The Morgan fingerprint density at radius 2 is 2.00 bits per heavy atom. The first-order chi connectivity index (χ1) is 21.4. The number of rotatable bonds is 5. The molecule has 5 heterocycles. The van der Waals surface area contributed by atoms with Crippen molar-refractivity contribution in [2.24, 2.45) is 0 Å². The molecule has 2 aromatic carbocycles. The van der Waals surface area contributed by atoms with Crippen LogP contribution in [0.3, 0.4) is 0 Å². The molecule has 0 N–H and O–H groups in total. The lowest BCUT2D eigenvalue weighted by Gasteiger charge is -2.41. The van der Waals surface area contributed by atoms with Crippen molar-refractivity contribution in [2.45, 2.75) is 48.6 Å². The number of ether oxygens (including phenoxy) is 1. The highest BCUT2D eigenvalue weighted by Crippen LogP contribution is 2.50. The largest absolute Gasteiger partial charge is 0.417 e. The van der Waals surface area contributed by atoms with E-state index in [1.807, 2.05) is 6.92 Å². The van der Waals surface area contributed by atoms with Crippen LogP contribution in [0, 0.1) is 11.6 Å². The maximum absolute atomic E-state index is 15.2. The molecule has 8 nitrogen and oxygen atoms in total. The molecule has 0 aliphatic carbocycles. The molecule has 7 rings (SSSR count). The summed E-state index contributed by atoms with van der Waals surface area (Å²) in [6, 6.07) is 2.84. The van der Waals surface area contributed by atoms with Crippen LogP contribution >= 0.6 is 11.8 Å². The molecule has 4 unspecified atom stereocenters. The first kappa shape index (κ1) is 30.2. The van der Waals surface area contributed by atoms with Crippen LogP contribution in [-0.4, -0.2) is 88.5 Å². The molecule has 238 valence electrons. The van der Waals surface area contributed by atoms with Crippen molar-refractivity contribution in [1.82, 2.24) is 19.4 Å². The Labute approximate surface area is 259 Å². The van der Waals surface area contributed by atoms with E-state index >= 15 is 4.39 Å². The van der Waals surface area contributed by atoms with E-state index in [4.69, 9.17) is 4.74 Å². The summed E-state index contributed by atoms with van der Waals surface area (Å²) < 4.78 is 80.9. The van der Waals surface area contributed by atoms with Crippen LogP contribution in [0.25, 0.3) is 22.0 Å². The minimum atomic E-state index is -4.91. The fourth-order valence-electron chi connectivity index (χ4n) is 7.20. The van der Waals surface area contributed by atoms with Gasteiger partial charge in [0.2, 0.25) is 5.91 Å². The van der Waals surface area contributed by atoms with Crippen LogP contribution < -0.4 is 10.6 Å². The number of alkyl halides is 3. The quantitative estimate of drug-likeness (QED) is 0.294. The van der Waals surface area contributed by atoms with Gasteiger partial charge in [-0.05, 0) is 37.6 Å². The molecule has 3 aromatic rings. The predicted octanol–water partition coefficient (Wildman–Crippen LogP) is 4.70. The lowest BCUT2D eigenvalue weighted by molar-refractivity contribution is -0.137. The number of likely N-dealkylation sites (tertiary alicyclic amines) is 1. The Balaban J connectivity index is 1.45. The maximum atomic E-state index is 15.2. The third-order valence-electron chi connectivity index (χ3n) is 9.28. The summed E-state index contributed by atoms with van der Waals surface area (Å²) >= 11 is 1.14. The lowest BCUT2D eigenvalue weighted by Crippen LogP contribution is -2.54. The number of benzene rings is 2. The predicted molar refractivity (Wildman–Crippen MR) is 159 cm³/mol. The van der Waals surface area contributed by atoms with Crippen molar-refractivity contribution in [3.8, 4) is 11.1 Å². The van der Waals surface area contributed by atoms with Crippen LogP contribution in [0.4, 0.5) is 27.8 Å². The van der Waals surface area contributed by atoms with Gasteiger partial charge >= 0.3 is 11.9 Å². The summed E-state index contributed by atoms with van der Waals surface area (Å²) in [5.74, 6) is -1.98. The van der Waals surface area contributed by atoms with E-state index < -0.39 is 46.2 Å². The highest BCUT2D eigenvalue weighted by atomic mass is 32.2. The Kier molecular flexibility index (Phi) is 7.44. The van der Waals surface area contributed by atoms with Gasteiger partial charge in [-0.1, -0.05) is 6.58 Å². The zero-order chi connectivity index (χ0) is 31.8. The monoisotopic (exact) mass is 647 g/mol. The van der Waals surface area contributed by atoms with Gasteiger partial charge in [0.05, 0.1) is 29.8 Å². The number of nitrogens with zero attached hydrogens (tertiary/aromatic N) is 5. The van der Waals surface area contributed by atoms with Crippen LogP contribution in [0.2, 0.25) is 0 Å². The van der Waals surface area contributed by atoms with Gasteiger partial charge in [-0.2, -0.15) is 18.2 Å². The second kappa shape index (κ2) is 11.1. The van der Waals surface area contributed by atoms with Crippen molar-refractivity contribution in [2.75, 3.05) is 50.0 Å². The number of amides is 1. The van der Waals surface area contributed by atoms with Gasteiger partial charge in [0.25, 0.3) is 0 Å². The number of piperazine rings is 1. The number of thioether (sulfide) groups is 1. The number of halogens is 5. The first-order valence-corrected chi connectivity index (χ1v) is 15.8. The van der Waals surface area contributed by atoms with Gasteiger partial charge in [-0.25, -0.2) is 13.6 Å². The second-order valence-corrected chi connectivity index (χ2v) is 13.1. The average molecular weight is 648 g/mol. The lowest BCUT2D eigenvalue weighted by atomic mass is 9.95. The van der Waals surface area contributed by atoms with E-state index in [0.717, 1.165) is 36.4 Å². The Morgan fingerprint density at radius 1 is 1.20 bits per heavy atom. The van der Waals surface area contributed by atoms with E-state index in [9.17, 15) is 27.2 Å². The smallest absolute Gasteiger partial charge is 0.375 e. The van der Waals surface area contributed by atoms with Gasteiger partial charge in [-0.3, -0.25) is 14.3 Å². The fraction of sp³-hybridized carbons (Fsp3) is 0.452. The minimum Gasteiger partial charge on any atom is -0.375 e. The summed E-state index contributed by atoms with van der Waals surface area (Å²) in [6.07, 6.45) is -2.70. The number of carbonyl (C=O) groups is 1. The molecule has 1 aromatic heterocycles. The van der Waals surface area contributed by atoms with E-state index in [0.29, 0.717) is 25.8 Å². The number of carbonyl (C=O) groups excluding carboxylic acids is 1. The van der Waals surface area contributed by atoms with Crippen molar-refractivity contribution in [1.29, 1.82) is 0 Å².